The fraction of sp³-hybridized carbons (Fsp3) is 0.889. The SMILES string of the molecule is O=C(NCC1CCC1)NC1CC1. The predicted molar refractivity (Wildman–Crippen MR) is 46.9 cm³/mol. The normalized spacial score (nSPS) is 23.0. The molecule has 0 unspecified atom stereocenters. The Bertz CT molecular complexity index is 173. The van der Waals surface area contributed by atoms with Gasteiger partial charge in [0.05, 0.1) is 0 Å². The second kappa shape index (κ2) is 3.33. The van der Waals surface area contributed by atoms with Gasteiger partial charge in [0, 0.05) is 12.6 Å². The molecular formula is C9H16N2O. The average Bonchev–Trinajstić information content (AvgIpc) is 2.68. The van der Waals surface area contributed by atoms with Gasteiger partial charge in [0.2, 0.25) is 0 Å². The van der Waals surface area contributed by atoms with Gasteiger partial charge in [0.15, 0.2) is 0 Å². The Labute approximate surface area is 72.9 Å². The highest BCUT2D eigenvalue weighted by molar-refractivity contribution is 5.74. The zero-order valence-electron chi connectivity index (χ0n) is 7.31. The lowest BCUT2D eigenvalue weighted by atomic mass is 9.85. The first-order valence-corrected chi connectivity index (χ1v) is 4.89. The van der Waals surface area contributed by atoms with Crippen LogP contribution in [-0.2, 0) is 0 Å². The van der Waals surface area contributed by atoms with Gasteiger partial charge >= 0.3 is 6.03 Å². The highest BCUT2D eigenvalue weighted by atomic mass is 16.2. The van der Waals surface area contributed by atoms with Gasteiger partial charge in [0.1, 0.15) is 0 Å². The third-order valence-corrected chi connectivity index (χ3v) is 2.69. The Morgan fingerprint density at radius 1 is 1.25 bits per heavy atom. The molecule has 3 nitrogen and oxygen atoms in total. The second-order valence-electron chi connectivity index (χ2n) is 3.93. The first kappa shape index (κ1) is 7.90. The number of carbonyl (C=O) groups excluding carboxylic acids is 1. The molecule has 0 atom stereocenters. The number of carbonyl (C=O) groups is 1. The van der Waals surface area contributed by atoms with Gasteiger partial charge in [-0.15, -0.1) is 0 Å². The Balaban J connectivity index is 1.55. The van der Waals surface area contributed by atoms with Crippen molar-refractivity contribution in [2.24, 2.45) is 5.92 Å². The summed E-state index contributed by atoms with van der Waals surface area (Å²) in [5.74, 6) is 0.759. The van der Waals surface area contributed by atoms with Crippen molar-refractivity contribution in [3.63, 3.8) is 0 Å². The fourth-order valence-corrected chi connectivity index (χ4v) is 1.40. The molecule has 2 saturated carbocycles. The molecule has 2 amide bonds. The number of rotatable bonds is 3. The molecule has 2 aliphatic carbocycles. The van der Waals surface area contributed by atoms with Crippen LogP contribution < -0.4 is 10.6 Å². The van der Waals surface area contributed by atoms with Gasteiger partial charge in [0.25, 0.3) is 0 Å². The number of hydrogen-bond donors (Lipinski definition) is 2. The van der Waals surface area contributed by atoms with Crippen molar-refractivity contribution in [3.8, 4) is 0 Å². The summed E-state index contributed by atoms with van der Waals surface area (Å²) in [5, 5.41) is 5.81. The Morgan fingerprint density at radius 2 is 2.00 bits per heavy atom. The van der Waals surface area contributed by atoms with Crippen molar-refractivity contribution in [1.29, 1.82) is 0 Å². The number of urea groups is 1. The van der Waals surface area contributed by atoms with E-state index in [2.05, 4.69) is 10.6 Å². The zero-order chi connectivity index (χ0) is 8.39. The quantitative estimate of drug-likeness (QED) is 0.654. The molecule has 2 aliphatic rings. The number of hydrogen-bond acceptors (Lipinski definition) is 1. The van der Waals surface area contributed by atoms with Crippen molar-refractivity contribution < 1.29 is 4.79 Å². The van der Waals surface area contributed by atoms with Crippen molar-refractivity contribution in [1.82, 2.24) is 10.6 Å². The Hall–Kier alpha value is -0.730. The minimum absolute atomic E-state index is 0.0319. The van der Waals surface area contributed by atoms with Crippen molar-refractivity contribution in [2.45, 2.75) is 38.1 Å². The predicted octanol–water partition coefficient (Wildman–Crippen LogP) is 1.25. The Morgan fingerprint density at radius 3 is 2.50 bits per heavy atom. The third kappa shape index (κ3) is 2.13. The standard InChI is InChI=1S/C9H16N2O/c12-9(11-8-4-5-8)10-6-7-2-1-3-7/h7-8H,1-6H2,(H2,10,11,12). The van der Waals surface area contributed by atoms with Gasteiger partial charge in [-0.05, 0) is 31.6 Å². The van der Waals surface area contributed by atoms with Gasteiger partial charge in [-0.1, -0.05) is 6.42 Å². The van der Waals surface area contributed by atoms with Crippen LogP contribution in [0, 0.1) is 5.92 Å². The molecule has 0 aromatic carbocycles. The molecule has 2 fully saturated rings. The summed E-state index contributed by atoms with van der Waals surface area (Å²) in [6.45, 7) is 0.874. The summed E-state index contributed by atoms with van der Waals surface area (Å²) in [6.07, 6.45) is 6.26. The lowest BCUT2D eigenvalue weighted by Gasteiger charge is -2.25. The van der Waals surface area contributed by atoms with Crippen LogP contribution in [0.2, 0.25) is 0 Å². The average molecular weight is 168 g/mol. The zero-order valence-corrected chi connectivity index (χ0v) is 7.31. The van der Waals surface area contributed by atoms with Crippen LogP contribution >= 0.6 is 0 Å². The molecule has 0 spiro atoms. The summed E-state index contributed by atoms with van der Waals surface area (Å²) >= 11 is 0. The maximum Gasteiger partial charge on any atom is 0.315 e. The fourth-order valence-electron chi connectivity index (χ4n) is 1.40. The monoisotopic (exact) mass is 168 g/mol. The lowest BCUT2D eigenvalue weighted by molar-refractivity contribution is 0.232. The van der Waals surface area contributed by atoms with E-state index in [0.29, 0.717) is 6.04 Å². The van der Waals surface area contributed by atoms with Gasteiger partial charge in [-0.25, -0.2) is 4.79 Å². The highest BCUT2D eigenvalue weighted by Crippen LogP contribution is 2.25. The molecule has 12 heavy (non-hydrogen) atoms. The van der Waals surface area contributed by atoms with E-state index in [9.17, 15) is 4.79 Å². The molecular weight excluding hydrogens is 152 g/mol. The van der Waals surface area contributed by atoms with Crippen LogP contribution in [0.25, 0.3) is 0 Å². The largest absolute Gasteiger partial charge is 0.338 e. The first-order valence-electron chi connectivity index (χ1n) is 4.89. The maximum absolute atomic E-state index is 11.1. The minimum Gasteiger partial charge on any atom is -0.338 e. The van der Waals surface area contributed by atoms with Gasteiger partial charge in [-0.2, -0.15) is 0 Å². The van der Waals surface area contributed by atoms with Crippen molar-refractivity contribution >= 4 is 6.03 Å². The molecule has 0 radical (unpaired) electrons. The van der Waals surface area contributed by atoms with Crippen molar-refractivity contribution in [2.75, 3.05) is 6.54 Å². The summed E-state index contributed by atoms with van der Waals surface area (Å²) in [5.41, 5.74) is 0. The summed E-state index contributed by atoms with van der Waals surface area (Å²) in [4.78, 5) is 11.1. The Kier molecular flexibility index (Phi) is 2.19. The smallest absolute Gasteiger partial charge is 0.315 e. The number of nitrogens with one attached hydrogen (secondary N) is 2. The lowest BCUT2D eigenvalue weighted by Crippen LogP contribution is -2.40. The van der Waals surface area contributed by atoms with E-state index in [4.69, 9.17) is 0 Å². The van der Waals surface area contributed by atoms with Crippen LogP contribution in [0.15, 0.2) is 0 Å². The third-order valence-electron chi connectivity index (χ3n) is 2.69. The number of amides is 2. The molecule has 2 N–H and O–H groups in total. The van der Waals surface area contributed by atoms with Gasteiger partial charge < -0.3 is 10.6 Å². The molecule has 3 heteroatoms. The molecule has 68 valence electrons. The summed E-state index contributed by atoms with van der Waals surface area (Å²) in [7, 11) is 0. The molecule has 0 saturated heterocycles. The van der Waals surface area contributed by atoms with E-state index in [0.717, 1.165) is 25.3 Å². The molecule has 0 aromatic heterocycles. The van der Waals surface area contributed by atoms with Crippen LogP contribution in [0.3, 0.4) is 0 Å². The highest BCUT2D eigenvalue weighted by Gasteiger charge is 2.24. The van der Waals surface area contributed by atoms with Crippen LogP contribution in [-0.4, -0.2) is 18.6 Å². The van der Waals surface area contributed by atoms with Crippen LogP contribution in [0.4, 0.5) is 4.79 Å². The van der Waals surface area contributed by atoms with Crippen LogP contribution in [0.1, 0.15) is 32.1 Å². The molecule has 0 bridgehead atoms. The van der Waals surface area contributed by atoms with Crippen molar-refractivity contribution in [3.05, 3.63) is 0 Å². The van der Waals surface area contributed by atoms with Crippen LogP contribution in [0.5, 0.6) is 0 Å². The molecule has 0 aliphatic heterocycles. The van der Waals surface area contributed by atoms with E-state index in [1.165, 1.54) is 19.3 Å². The van der Waals surface area contributed by atoms with E-state index < -0.39 is 0 Å². The first-order chi connectivity index (χ1) is 5.84. The molecule has 0 heterocycles. The second-order valence-corrected chi connectivity index (χ2v) is 3.93. The summed E-state index contributed by atoms with van der Waals surface area (Å²) in [6, 6.07) is 0.510. The molecule has 2 rings (SSSR count). The summed E-state index contributed by atoms with van der Waals surface area (Å²) < 4.78 is 0. The van der Waals surface area contributed by atoms with E-state index >= 15 is 0 Å². The van der Waals surface area contributed by atoms with E-state index in [1.807, 2.05) is 0 Å². The van der Waals surface area contributed by atoms with E-state index in [-0.39, 0.29) is 6.03 Å². The van der Waals surface area contributed by atoms with E-state index in [1.54, 1.807) is 0 Å². The molecule has 0 aromatic rings. The minimum atomic E-state index is 0.0319. The topological polar surface area (TPSA) is 41.1 Å². The van der Waals surface area contributed by atoms with Gasteiger partial charge in [-0.3, -0.25) is 0 Å². The maximum atomic E-state index is 11.1.